The molecule has 2 aromatic rings. The Morgan fingerprint density at radius 1 is 1.20 bits per heavy atom. The Labute approximate surface area is 116 Å². The van der Waals surface area contributed by atoms with Gasteiger partial charge in [-0.3, -0.25) is 0 Å². The number of nitrogens with two attached hydrogens (primary N) is 1. The summed E-state index contributed by atoms with van der Waals surface area (Å²) in [6.45, 7) is 1.96. The molecule has 0 aliphatic heterocycles. The molecule has 0 heterocycles. The van der Waals surface area contributed by atoms with E-state index in [1.54, 1.807) is 18.2 Å². The average Bonchev–Trinajstić information content (AvgIpc) is 2.46. The molecule has 5 heteroatoms. The van der Waals surface area contributed by atoms with Gasteiger partial charge < -0.3 is 15.8 Å². The third-order valence-corrected chi connectivity index (χ3v) is 3.11. The second-order valence-electron chi connectivity index (χ2n) is 4.54. The van der Waals surface area contributed by atoms with Gasteiger partial charge in [0.1, 0.15) is 5.82 Å². The summed E-state index contributed by atoms with van der Waals surface area (Å²) in [6, 6.07) is 11.7. The molecule has 0 amide bonds. The fraction of sp³-hybridized carbons (Fsp3) is 0.133. The van der Waals surface area contributed by atoms with E-state index >= 15 is 0 Å². The number of oxime groups is 1. The molecular weight excluding hydrogens is 257 g/mol. The summed E-state index contributed by atoms with van der Waals surface area (Å²) in [7, 11) is 1.84. The molecule has 0 saturated carbocycles. The number of anilines is 2. The van der Waals surface area contributed by atoms with Crippen molar-refractivity contribution in [1.82, 2.24) is 0 Å². The van der Waals surface area contributed by atoms with Crippen LogP contribution in [0, 0.1) is 12.7 Å². The molecule has 3 N–H and O–H groups in total. The van der Waals surface area contributed by atoms with Crippen molar-refractivity contribution in [2.75, 3.05) is 11.9 Å². The first-order valence-electron chi connectivity index (χ1n) is 6.11. The molecule has 0 atom stereocenters. The summed E-state index contributed by atoms with van der Waals surface area (Å²) in [6.07, 6.45) is 0. The van der Waals surface area contributed by atoms with Gasteiger partial charge in [0.15, 0.2) is 5.84 Å². The Morgan fingerprint density at radius 2 is 1.85 bits per heavy atom. The molecule has 0 unspecified atom stereocenters. The minimum absolute atomic E-state index is 0.0361. The van der Waals surface area contributed by atoms with Gasteiger partial charge in [-0.05, 0) is 48.9 Å². The number of amidine groups is 1. The van der Waals surface area contributed by atoms with E-state index in [4.69, 9.17) is 10.9 Å². The van der Waals surface area contributed by atoms with Crippen molar-refractivity contribution in [1.29, 1.82) is 0 Å². The van der Waals surface area contributed by atoms with E-state index in [9.17, 15) is 4.39 Å². The molecule has 0 aliphatic rings. The minimum Gasteiger partial charge on any atom is -0.409 e. The average molecular weight is 273 g/mol. The maximum atomic E-state index is 13.0. The summed E-state index contributed by atoms with van der Waals surface area (Å²) in [4.78, 5) is 1.86. The van der Waals surface area contributed by atoms with E-state index in [2.05, 4.69) is 5.16 Å². The van der Waals surface area contributed by atoms with Crippen LogP contribution in [0.25, 0.3) is 0 Å². The first-order valence-corrected chi connectivity index (χ1v) is 6.11. The fourth-order valence-corrected chi connectivity index (χ4v) is 1.99. The maximum absolute atomic E-state index is 13.0. The van der Waals surface area contributed by atoms with Crippen LogP contribution in [-0.4, -0.2) is 18.1 Å². The zero-order chi connectivity index (χ0) is 14.7. The predicted octanol–water partition coefficient (Wildman–Crippen LogP) is 3.00. The first kappa shape index (κ1) is 13.9. The lowest BCUT2D eigenvalue weighted by atomic mass is 10.1. The zero-order valence-corrected chi connectivity index (χ0v) is 11.3. The van der Waals surface area contributed by atoms with E-state index in [-0.39, 0.29) is 11.7 Å². The minimum atomic E-state index is -0.289. The molecule has 20 heavy (non-hydrogen) atoms. The Bertz CT molecular complexity index is 638. The number of rotatable bonds is 3. The highest BCUT2D eigenvalue weighted by molar-refractivity contribution is 6.03. The quantitative estimate of drug-likeness (QED) is 0.391. The molecule has 104 valence electrons. The Kier molecular flexibility index (Phi) is 3.89. The molecule has 2 aromatic carbocycles. The van der Waals surface area contributed by atoms with E-state index in [1.165, 1.54) is 12.1 Å². The molecule has 0 spiro atoms. The second-order valence-corrected chi connectivity index (χ2v) is 4.54. The first-order chi connectivity index (χ1) is 9.52. The Hall–Kier alpha value is -2.56. The molecule has 0 aromatic heterocycles. The van der Waals surface area contributed by atoms with E-state index in [0.717, 1.165) is 16.9 Å². The van der Waals surface area contributed by atoms with E-state index in [1.807, 2.05) is 31.0 Å². The third-order valence-electron chi connectivity index (χ3n) is 3.11. The summed E-state index contributed by atoms with van der Waals surface area (Å²) >= 11 is 0. The summed E-state index contributed by atoms with van der Waals surface area (Å²) < 4.78 is 13.0. The van der Waals surface area contributed by atoms with E-state index in [0.29, 0.717) is 5.56 Å². The summed E-state index contributed by atoms with van der Waals surface area (Å²) in [5.41, 5.74) is 8.95. The number of hydrogen-bond acceptors (Lipinski definition) is 3. The predicted molar refractivity (Wildman–Crippen MR) is 78.2 cm³/mol. The standard InChI is InChI=1S/C15H16FN3O/c1-10-3-8-13(15(17)18-20)14(9-10)19(2)12-6-4-11(16)5-7-12/h3-9,20H,1-2H3,(H2,17,18). The molecule has 2 rings (SSSR count). The van der Waals surface area contributed by atoms with Crippen LogP contribution in [0.5, 0.6) is 0 Å². The third kappa shape index (κ3) is 2.71. The van der Waals surface area contributed by atoms with Crippen LogP contribution in [-0.2, 0) is 0 Å². The highest BCUT2D eigenvalue weighted by Crippen LogP contribution is 2.28. The van der Waals surface area contributed by atoms with Crippen molar-refractivity contribution in [3.63, 3.8) is 0 Å². The van der Waals surface area contributed by atoms with Gasteiger partial charge in [-0.15, -0.1) is 0 Å². The summed E-state index contributed by atoms with van der Waals surface area (Å²) in [5.74, 6) is -0.253. The largest absolute Gasteiger partial charge is 0.409 e. The molecule has 0 fully saturated rings. The summed E-state index contributed by atoms with van der Waals surface area (Å²) in [5, 5.41) is 11.9. The highest BCUT2D eigenvalue weighted by Gasteiger charge is 2.13. The van der Waals surface area contributed by atoms with Crippen LogP contribution in [0.15, 0.2) is 47.6 Å². The van der Waals surface area contributed by atoms with Gasteiger partial charge in [0.25, 0.3) is 0 Å². The van der Waals surface area contributed by atoms with Gasteiger partial charge in [0.2, 0.25) is 0 Å². The van der Waals surface area contributed by atoms with E-state index < -0.39 is 0 Å². The number of nitrogens with zero attached hydrogens (tertiary/aromatic N) is 2. The van der Waals surface area contributed by atoms with Gasteiger partial charge >= 0.3 is 0 Å². The normalized spacial score (nSPS) is 11.4. The molecular formula is C15H16FN3O. The Morgan fingerprint density at radius 3 is 2.45 bits per heavy atom. The lowest BCUT2D eigenvalue weighted by molar-refractivity contribution is 0.318. The van der Waals surface area contributed by atoms with Crippen LogP contribution < -0.4 is 10.6 Å². The zero-order valence-electron chi connectivity index (χ0n) is 11.3. The molecule has 4 nitrogen and oxygen atoms in total. The smallest absolute Gasteiger partial charge is 0.172 e. The monoisotopic (exact) mass is 273 g/mol. The van der Waals surface area contributed by atoms with Crippen LogP contribution in [0.4, 0.5) is 15.8 Å². The molecule has 0 radical (unpaired) electrons. The lowest BCUT2D eigenvalue weighted by Crippen LogP contribution is -2.19. The van der Waals surface area contributed by atoms with Gasteiger partial charge in [-0.1, -0.05) is 11.2 Å². The highest BCUT2D eigenvalue weighted by atomic mass is 19.1. The van der Waals surface area contributed by atoms with Crippen molar-refractivity contribution in [2.45, 2.75) is 6.92 Å². The van der Waals surface area contributed by atoms with Crippen LogP contribution in [0.3, 0.4) is 0 Å². The van der Waals surface area contributed by atoms with Gasteiger partial charge in [0.05, 0.1) is 5.69 Å². The van der Waals surface area contributed by atoms with Crippen LogP contribution in [0.1, 0.15) is 11.1 Å². The fourth-order valence-electron chi connectivity index (χ4n) is 1.99. The molecule has 0 saturated heterocycles. The van der Waals surface area contributed by atoms with Crippen molar-refractivity contribution in [3.8, 4) is 0 Å². The van der Waals surface area contributed by atoms with Gasteiger partial charge in [-0.25, -0.2) is 4.39 Å². The number of halogens is 1. The van der Waals surface area contributed by atoms with Gasteiger partial charge in [0, 0.05) is 18.3 Å². The second kappa shape index (κ2) is 5.61. The maximum Gasteiger partial charge on any atom is 0.172 e. The number of hydrogen-bond donors (Lipinski definition) is 2. The SMILES string of the molecule is Cc1ccc(C(N)=NO)c(N(C)c2ccc(F)cc2)c1. The van der Waals surface area contributed by atoms with Gasteiger partial charge in [-0.2, -0.15) is 0 Å². The van der Waals surface area contributed by atoms with Crippen molar-refractivity contribution >= 4 is 17.2 Å². The molecule has 0 aliphatic carbocycles. The van der Waals surface area contributed by atoms with Crippen molar-refractivity contribution < 1.29 is 9.60 Å². The molecule has 0 bridgehead atoms. The Balaban J connectivity index is 2.50. The topological polar surface area (TPSA) is 61.9 Å². The number of benzene rings is 2. The van der Waals surface area contributed by atoms with Crippen molar-refractivity contribution in [2.24, 2.45) is 10.9 Å². The van der Waals surface area contributed by atoms with Crippen LogP contribution in [0.2, 0.25) is 0 Å². The lowest BCUT2D eigenvalue weighted by Gasteiger charge is -2.22. The van der Waals surface area contributed by atoms with Crippen LogP contribution >= 0.6 is 0 Å². The van der Waals surface area contributed by atoms with Crippen molar-refractivity contribution in [3.05, 3.63) is 59.4 Å². The number of aryl methyl sites for hydroxylation is 1.